The Bertz CT molecular complexity index is 675. The number of nitrogens with one attached hydrogen (secondary N) is 2. The molecule has 0 aliphatic carbocycles. The molecule has 0 aliphatic heterocycles. The van der Waals surface area contributed by atoms with Crippen LogP contribution in [0.5, 0.6) is 0 Å². The van der Waals surface area contributed by atoms with Crippen LogP contribution in [0, 0.1) is 6.92 Å². The van der Waals surface area contributed by atoms with E-state index in [2.05, 4.69) is 27.5 Å². The number of rotatable bonds is 7. The highest BCUT2D eigenvalue weighted by Gasteiger charge is 2.10. The molecule has 0 spiro atoms. The molecule has 1 amide bonds. The van der Waals surface area contributed by atoms with Crippen LogP contribution < -0.4 is 10.6 Å². The van der Waals surface area contributed by atoms with Crippen molar-refractivity contribution in [3.63, 3.8) is 0 Å². The Labute approximate surface area is 141 Å². The van der Waals surface area contributed by atoms with E-state index in [0.717, 1.165) is 31.4 Å². The third-order valence-electron chi connectivity index (χ3n) is 3.38. The number of amides is 1. The summed E-state index contributed by atoms with van der Waals surface area (Å²) in [4.78, 5) is 20.6. The van der Waals surface area contributed by atoms with Crippen molar-refractivity contribution in [2.24, 2.45) is 0 Å². The summed E-state index contributed by atoms with van der Waals surface area (Å²) in [7, 11) is 0. The molecule has 0 unspecified atom stereocenters. The van der Waals surface area contributed by atoms with E-state index in [9.17, 15) is 4.79 Å². The molecule has 0 radical (unpaired) electrons. The summed E-state index contributed by atoms with van der Waals surface area (Å²) >= 11 is 6.06. The highest BCUT2D eigenvalue weighted by Crippen LogP contribution is 2.20. The van der Waals surface area contributed by atoms with Crippen LogP contribution >= 0.6 is 11.6 Å². The minimum Gasteiger partial charge on any atom is -0.354 e. The van der Waals surface area contributed by atoms with E-state index < -0.39 is 0 Å². The Balaban J connectivity index is 2.00. The lowest BCUT2D eigenvalue weighted by Gasteiger charge is -2.08. The van der Waals surface area contributed by atoms with E-state index in [4.69, 9.17) is 11.6 Å². The lowest BCUT2D eigenvalue weighted by molar-refractivity contribution is 0.102. The lowest BCUT2D eigenvalue weighted by atomic mass is 10.2. The SMILES string of the molecule is CCCCCNc1nccc(C(=O)Nc2ccc(C)c(Cl)c2)n1. The lowest BCUT2D eigenvalue weighted by Crippen LogP contribution is -2.15. The molecule has 5 nitrogen and oxygen atoms in total. The van der Waals surface area contributed by atoms with Crippen LogP contribution in [0.25, 0.3) is 0 Å². The average Bonchev–Trinajstić information content (AvgIpc) is 2.55. The molecule has 1 aromatic carbocycles. The molecule has 122 valence electrons. The molecule has 2 rings (SSSR count). The van der Waals surface area contributed by atoms with Gasteiger partial charge in [-0.1, -0.05) is 37.4 Å². The number of halogens is 1. The second-order valence-electron chi connectivity index (χ2n) is 5.32. The molecule has 1 aromatic heterocycles. The van der Waals surface area contributed by atoms with Crippen LogP contribution in [-0.4, -0.2) is 22.4 Å². The summed E-state index contributed by atoms with van der Waals surface area (Å²) in [6.07, 6.45) is 4.94. The summed E-state index contributed by atoms with van der Waals surface area (Å²) in [5.74, 6) is 0.180. The van der Waals surface area contributed by atoms with Gasteiger partial charge in [-0.05, 0) is 37.1 Å². The van der Waals surface area contributed by atoms with Crippen molar-refractivity contribution in [2.45, 2.75) is 33.1 Å². The zero-order valence-corrected chi connectivity index (χ0v) is 14.2. The predicted octanol–water partition coefficient (Wildman–Crippen LogP) is 4.29. The van der Waals surface area contributed by atoms with Crippen LogP contribution in [-0.2, 0) is 0 Å². The van der Waals surface area contributed by atoms with Crippen molar-refractivity contribution in [2.75, 3.05) is 17.2 Å². The zero-order valence-electron chi connectivity index (χ0n) is 13.4. The molecule has 2 N–H and O–H groups in total. The first-order valence-electron chi connectivity index (χ1n) is 7.74. The van der Waals surface area contributed by atoms with Gasteiger partial charge in [-0.2, -0.15) is 0 Å². The van der Waals surface area contributed by atoms with Crippen molar-refractivity contribution in [3.8, 4) is 0 Å². The van der Waals surface area contributed by atoms with Crippen LogP contribution in [0.15, 0.2) is 30.5 Å². The number of nitrogens with zero attached hydrogens (tertiary/aromatic N) is 2. The summed E-state index contributed by atoms with van der Waals surface area (Å²) < 4.78 is 0. The number of hydrogen-bond acceptors (Lipinski definition) is 4. The van der Waals surface area contributed by atoms with E-state index in [1.165, 1.54) is 0 Å². The normalized spacial score (nSPS) is 10.4. The highest BCUT2D eigenvalue weighted by atomic mass is 35.5. The van der Waals surface area contributed by atoms with Gasteiger partial charge in [-0.3, -0.25) is 4.79 Å². The third kappa shape index (κ3) is 5.21. The van der Waals surface area contributed by atoms with E-state index in [0.29, 0.717) is 22.4 Å². The summed E-state index contributed by atoms with van der Waals surface area (Å²) in [6, 6.07) is 6.98. The molecule has 0 saturated heterocycles. The number of aromatic nitrogens is 2. The molecule has 1 heterocycles. The van der Waals surface area contributed by atoms with Gasteiger partial charge in [0, 0.05) is 23.5 Å². The number of aryl methyl sites for hydroxylation is 1. The first kappa shape index (κ1) is 17.2. The van der Waals surface area contributed by atoms with E-state index in [1.807, 2.05) is 19.1 Å². The van der Waals surface area contributed by atoms with Crippen molar-refractivity contribution in [1.82, 2.24) is 9.97 Å². The van der Waals surface area contributed by atoms with E-state index in [1.54, 1.807) is 18.3 Å². The number of hydrogen-bond donors (Lipinski definition) is 2. The fourth-order valence-corrected chi connectivity index (χ4v) is 2.19. The molecule has 6 heteroatoms. The first-order chi connectivity index (χ1) is 11.1. The van der Waals surface area contributed by atoms with Crippen molar-refractivity contribution in [3.05, 3.63) is 46.7 Å². The van der Waals surface area contributed by atoms with Crippen LogP contribution in [0.1, 0.15) is 42.2 Å². The molecular weight excluding hydrogens is 312 g/mol. The maximum absolute atomic E-state index is 12.3. The van der Waals surface area contributed by atoms with Crippen molar-refractivity contribution < 1.29 is 4.79 Å². The molecule has 23 heavy (non-hydrogen) atoms. The van der Waals surface area contributed by atoms with Gasteiger partial charge in [0.05, 0.1) is 0 Å². The Morgan fingerprint density at radius 2 is 2.09 bits per heavy atom. The first-order valence-corrected chi connectivity index (χ1v) is 8.12. The van der Waals surface area contributed by atoms with Crippen LogP contribution in [0.2, 0.25) is 5.02 Å². The Hall–Kier alpha value is -2.14. The second kappa shape index (κ2) is 8.48. The molecule has 0 aliphatic rings. The molecule has 0 fully saturated rings. The Kier molecular flexibility index (Phi) is 6.35. The van der Waals surface area contributed by atoms with Gasteiger partial charge in [0.1, 0.15) is 5.69 Å². The predicted molar refractivity (Wildman–Crippen MR) is 94.2 cm³/mol. The standard InChI is InChI=1S/C17H21ClN4O/c1-3-4-5-9-19-17-20-10-8-15(22-17)16(23)21-13-7-6-12(2)14(18)11-13/h6-8,10-11H,3-5,9H2,1-2H3,(H,21,23)(H,19,20,22). The molecule has 2 aromatic rings. The van der Waals surface area contributed by atoms with Gasteiger partial charge < -0.3 is 10.6 Å². The van der Waals surface area contributed by atoms with Gasteiger partial charge in [0.25, 0.3) is 5.91 Å². The minimum absolute atomic E-state index is 0.288. The van der Waals surface area contributed by atoms with Gasteiger partial charge in [-0.15, -0.1) is 0 Å². The van der Waals surface area contributed by atoms with Gasteiger partial charge in [0.2, 0.25) is 5.95 Å². The maximum atomic E-state index is 12.3. The fraction of sp³-hybridized carbons (Fsp3) is 0.353. The average molecular weight is 333 g/mol. The summed E-state index contributed by atoms with van der Waals surface area (Å²) in [5.41, 5.74) is 1.92. The third-order valence-corrected chi connectivity index (χ3v) is 3.79. The largest absolute Gasteiger partial charge is 0.354 e. The van der Waals surface area contributed by atoms with Gasteiger partial charge in [-0.25, -0.2) is 9.97 Å². The number of anilines is 2. The smallest absolute Gasteiger partial charge is 0.274 e. The van der Waals surface area contributed by atoms with Crippen molar-refractivity contribution in [1.29, 1.82) is 0 Å². The topological polar surface area (TPSA) is 66.9 Å². The van der Waals surface area contributed by atoms with Gasteiger partial charge in [0.15, 0.2) is 0 Å². The van der Waals surface area contributed by atoms with Crippen LogP contribution in [0.4, 0.5) is 11.6 Å². The van der Waals surface area contributed by atoms with Crippen LogP contribution in [0.3, 0.4) is 0 Å². The maximum Gasteiger partial charge on any atom is 0.274 e. The Morgan fingerprint density at radius 1 is 1.26 bits per heavy atom. The molecule has 0 saturated carbocycles. The minimum atomic E-state index is -0.288. The second-order valence-corrected chi connectivity index (χ2v) is 5.72. The van der Waals surface area contributed by atoms with E-state index in [-0.39, 0.29) is 5.91 Å². The highest BCUT2D eigenvalue weighted by molar-refractivity contribution is 6.31. The van der Waals surface area contributed by atoms with Crippen molar-refractivity contribution >= 4 is 29.1 Å². The number of unbranched alkanes of at least 4 members (excludes halogenated alkanes) is 2. The summed E-state index contributed by atoms with van der Waals surface area (Å²) in [6.45, 7) is 4.86. The number of benzene rings is 1. The fourth-order valence-electron chi connectivity index (χ4n) is 2.01. The Morgan fingerprint density at radius 3 is 2.83 bits per heavy atom. The molecular formula is C17H21ClN4O. The zero-order chi connectivity index (χ0) is 16.7. The quantitative estimate of drug-likeness (QED) is 0.742. The molecule has 0 bridgehead atoms. The summed E-state index contributed by atoms with van der Waals surface area (Å²) in [5, 5.41) is 6.53. The number of carbonyl (C=O) groups excluding carboxylic acids is 1. The monoisotopic (exact) mass is 332 g/mol. The molecule has 0 atom stereocenters. The van der Waals surface area contributed by atoms with Gasteiger partial charge >= 0.3 is 0 Å². The number of carbonyl (C=O) groups is 1. The van der Waals surface area contributed by atoms with E-state index >= 15 is 0 Å².